The zero-order valence-electron chi connectivity index (χ0n) is 15.0. The van der Waals surface area contributed by atoms with Gasteiger partial charge in [0.05, 0.1) is 6.61 Å². The van der Waals surface area contributed by atoms with E-state index in [1.165, 1.54) is 19.1 Å². The number of carbonyl (C=O) groups is 2. The van der Waals surface area contributed by atoms with Crippen molar-refractivity contribution in [2.24, 2.45) is 0 Å². The first-order valence-corrected chi connectivity index (χ1v) is 8.50. The van der Waals surface area contributed by atoms with Gasteiger partial charge in [-0.25, -0.2) is 4.79 Å². The lowest BCUT2D eigenvalue weighted by molar-refractivity contribution is -0.137. The maximum atomic E-state index is 12.1. The fourth-order valence-electron chi connectivity index (χ4n) is 2.48. The smallest absolute Gasteiger partial charge is 0.331 e. The molecule has 2 aromatic rings. The van der Waals surface area contributed by atoms with Crippen LogP contribution in [0.5, 0.6) is 0 Å². The highest BCUT2D eigenvalue weighted by molar-refractivity contribution is 6.11. The average Bonchev–Trinajstić information content (AvgIpc) is 2.65. The van der Waals surface area contributed by atoms with E-state index in [-0.39, 0.29) is 5.78 Å². The normalized spacial score (nSPS) is 12.2. The van der Waals surface area contributed by atoms with Crippen LogP contribution in [0.2, 0.25) is 0 Å². The number of ether oxygens (including phenoxy) is 1. The zero-order chi connectivity index (χ0) is 18.8. The van der Waals surface area contributed by atoms with Crippen LogP contribution in [0.15, 0.2) is 85.0 Å². The van der Waals surface area contributed by atoms with Crippen LogP contribution in [-0.2, 0) is 14.3 Å². The fourth-order valence-corrected chi connectivity index (χ4v) is 2.48. The molecule has 26 heavy (non-hydrogen) atoms. The van der Waals surface area contributed by atoms with E-state index in [2.05, 4.69) is 0 Å². The minimum absolute atomic E-state index is 0.0377. The van der Waals surface area contributed by atoms with Crippen LogP contribution in [0.1, 0.15) is 25.0 Å². The van der Waals surface area contributed by atoms with Crippen LogP contribution in [-0.4, -0.2) is 18.4 Å². The van der Waals surface area contributed by atoms with E-state index in [4.69, 9.17) is 4.74 Å². The van der Waals surface area contributed by atoms with E-state index < -0.39 is 5.97 Å². The van der Waals surface area contributed by atoms with Gasteiger partial charge in [-0.3, -0.25) is 4.79 Å². The predicted molar refractivity (Wildman–Crippen MR) is 105 cm³/mol. The first-order valence-electron chi connectivity index (χ1n) is 8.50. The van der Waals surface area contributed by atoms with Crippen LogP contribution in [0.25, 0.3) is 11.1 Å². The molecule has 132 valence electrons. The van der Waals surface area contributed by atoms with E-state index in [1.54, 1.807) is 13.0 Å². The van der Waals surface area contributed by atoms with E-state index >= 15 is 0 Å². The molecule has 0 fully saturated rings. The Morgan fingerprint density at radius 3 is 1.92 bits per heavy atom. The van der Waals surface area contributed by atoms with Crippen molar-refractivity contribution in [3.8, 4) is 0 Å². The molecule has 3 nitrogen and oxygen atoms in total. The summed E-state index contributed by atoms with van der Waals surface area (Å²) in [5.41, 5.74) is 3.41. The van der Waals surface area contributed by atoms with Crippen LogP contribution >= 0.6 is 0 Å². The van der Waals surface area contributed by atoms with Crippen LogP contribution < -0.4 is 0 Å². The largest absolute Gasteiger partial charge is 0.463 e. The molecule has 0 N–H and O–H groups in total. The third kappa shape index (κ3) is 5.71. The summed E-state index contributed by atoms with van der Waals surface area (Å²) in [6.07, 6.45) is 6.54. The summed E-state index contributed by atoms with van der Waals surface area (Å²) < 4.78 is 5.11. The fraction of sp³-hybridized carbons (Fsp3) is 0.130. The number of esters is 1. The predicted octanol–water partition coefficient (Wildman–Crippen LogP) is 4.86. The highest BCUT2D eigenvalue weighted by Crippen LogP contribution is 2.31. The zero-order valence-corrected chi connectivity index (χ0v) is 15.0. The molecule has 0 bridgehead atoms. The Kier molecular flexibility index (Phi) is 7.31. The van der Waals surface area contributed by atoms with Gasteiger partial charge in [-0.15, -0.1) is 0 Å². The van der Waals surface area contributed by atoms with E-state index in [9.17, 15) is 9.59 Å². The molecule has 0 aromatic heterocycles. The van der Waals surface area contributed by atoms with E-state index in [1.807, 2.05) is 66.7 Å². The first-order chi connectivity index (χ1) is 12.6. The molecule has 0 unspecified atom stereocenters. The van der Waals surface area contributed by atoms with Gasteiger partial charge in [0.2, 0.25) is 0 Å². The summed E-state index contributed by atoms with van der Waals surface area (Å²) in [7, 11) is 0. The maximum absolute atomic E-state index is 12.1. The minimum Gasteiger partial charge on any atom is -0.463 e. The van der Waals surface area contributed by atoms with Crippen molar-refractivity contribution in [3.63, 3.8) is 0 Å². The number of allylic oxidation sites excluding steroid dienone is 5. The number of hydrogen-bond donors (Lipinski definition) is 0. The third-order valence-corrected chi connectivity index (χ3v) is 3.60. The van der Waals surface area contributed by atoms with Gasteiger partial charge in [-0.2, -0.15) is 0 Å². The van der Waals surface area contributed by atoms with Gasteiger partial charge in [-0.1, -0.05) is 72.8 Å². The lowest BCUT2D eigenvalue weighted by Gasteiger charge is -2.13. The van der Waals surface area contributed by atoms with Crippen molar-refractivity contribution in [2.75, 3.05) is 6.61 Å². The SMILES string of the molecule is CCOC(=O)/C=C(/C(=C/C=C/C(C)=O)c1ccccc1)c1ccccc1. The molecule has 0 aliphatic carbocycles. The number of hydrogen-bond acceptors (Lipinski definition) is 3. The van der Waals surface area contributed by atoms with Gasteiger partial charge in [0.1, 0.15) is 0 Å². The molecule has 2 rings (SSSR count). The van der Waals surface area contributed by atoms with Crippen LogP contribution in [0, 0.1) is 0 Å². The Morgan fingerprint density at radius 1 is 0.885 bits per heavy atom. The van der Waals surface area contributed by atoms with Gasteiger partial charge in [-0.05, 0) is 42.2 Å². The summed E-state index contributed by atoms with van der Waals surface area (Å²) >= 11 is 0. The van der Waals surface area contributed by atoms with Crippen molar-refractivity contribution in [1.29, 1.82) is 0 Å². The molecule has 0 saturated carbocycles. The van der Waals surface area contributed by atoms with Crippen molar-refractivity contribution in [2.45, 2.75) is 13.8 Å². The van der Waals surface area contributed by atoms with Gasteiger partial charge in [0.15, 0.2) is 5.78 Å². The average molecular weight is 346 g/mol. The van der Waals surface area contributed by atoms with E-state index in [0.717, 1.165) is 22.3 Å². The monoisotopic (exact) mass is 346 g/mol. The second-order valence-corrected chi connectivity index (χ2v) is 5.59. The van der Waals surface area contributed by atoms with Crippen molar-refractivity contribution >= 4 is 22.9 Å². The molecule has 0 aliphatic rings. The molecule has 0 spiro atoms. The number of ketones is 1. The Bertz CT molecular complexity index is 828. The first kappa shape index (κ1) is 19.1. The summed E-state index contributed by atoms with van der Waals surface area (Å²) in [6.45, 7) is 3.59. The third-order valence-electron chi connectivity index (χ3n) is 3.60. The molecule has 0 atom stereocenters. The highest BCUT2D eigenvalue weighted by Gasteiger charge is 2.12. The second kappa shape index (κ2) is 9.94. The molecule has 0 amide bonds. The number of benzene rings is 2. The highest BCUT2D eigenvalue weighted by atomic mass is 16.5. The van der Waals surface area contributed by atoms with Gasteiger partial charge >= 0.3 is 5.97 Å². The standard InChI is InChI=1S/C23H22O3/c1-3-26-23(25)17-22(20-14-8-5-9-15-20)21(16-10-11-18(2)24)19-12-6-4-7-13-19/h4-17H,3H2,1-2H3/b11-10+,21-16+,22-17+. The minimum atomic E-state index is -0.399. The molecule has 0 heterocycles. The van der Waals surface area contributed by atoms with Crippen LogP contribution in [0.3, 0.4) is 0 Å². The lowest BCUT2D eigenvalue weighted by Crippen LogP contribution is -2.02. The molecular weight excluding hydrogens is 324 g/mol. The Morgan fingerprint density at radius 2 is 1.42 bits per heavy atom. The van der Waals surface area contributed by atoms with Gasteiger partial charge < -0.3 is 4.74 Å². The molecule has 0 saturated heterocycles. The molecule has 2 aromatic carbocycles. The van der Waals surface area contributed by atoms with Crippen molar-refractivity contribution in [3.05, 3.63) is 96.1 Å². The lowest BCUT2D eigenvalue weighted by atomic mass is 9.91. The summed E-state index contributed by atoms with van der Waals surface area (Å²) in [4.78, 5) is 23.4. The molecule has 0 radical (unpaired) electrons. The summed E-state index contributed by atoms with van der Waals surface area (Å²) in [6, 6.07) is 19.4. The number of rotatable bonds is 7. The Labute approximate surface area is 154 Å². The quantitative estimate of drug-likeness (QED) is 0.408. The maximum Gasteiger partial charge on any atom is 0.331 e. The Hall–Kier alpha value is -3.20. The topological polar surface area (TPSA) is 43.4 Å². The van der Waals surface area contributed by atoms with Crippen LogP contribution in [0.4, 0.5) is 0 Å². The summed E-state index contributed by atoms with van der Waals surface area (Å²) in [5.74, 6) is -0.437. The Balaban J connectivity index is 2.61. The van der Waals surface area contributed by atoms with Gasteiger partial charge in [0, 0.05) is 6.08 Å². The van der Waals surface area contributed by atoms with Gasteiger partial charge in [0.25, 0.3) is 0 Å². The van der Waals surface area contributed by atoms with Crippen molar-refractivity contribution in [1.82, 2.24) is 0 Å². The number of carbonyl (C=O) groups excluding carboxylic acids is 2. The molecule has 3 heteroatoms. The second-order valence-electron chi connectivity index (χ2n) is 5.59. The molecule has 0 aliphatic heterocycles. The van der Waals surface area contributed by atoms with Crippen molar-refractivity contribution < 1.29 is 14.3 Å². The molecular formula is C23H22O3. The summed E-state index contributed by atoms with van der Waals surface area (Å²) in [5, 5.41) is 0. The van der Waals surface area contributed by atoms with E-state index in [0.29, 0.717) is 6.61 Å².